The van der Waals surface area contributed by atoms with Crippen LogP contribution in [0.4, 0.5) is 0 Å². The third kappa shape index (κ3) is 5.04. The first kappa shape index (κ1) is 16.9. The van der Waals surface area contributed by atoms with Crippen molar-refractivity contribution in [2.75, 3.05) is 0 Å². The summed E-state index contributed by atoms with van der Waals surface area (Å²) in [4.78, 5) is 23.9. The Morgan fingerprint density at radius 2 is 1.39 bits per heavy atom. The molecule has 0 fully saturated rings. The van der Waals surface area contributed by atoms with Crippen molar-refractivity contribution in [1.29, 1.82) is 0 Å². The Balaban J connectivity index is 5.25. The second kappa shape index (κ2) is 5.69. The van der Waals surface area contributed by atoms with Crippen LogP contribution in [0.3, 0.4) is 0 Å². The third-order valence-electron chi connectivity index (χ3n) is 2.67. The van der Waals surface area contributed by atoms with Crippen molar-refractivity contribution < 1.29 is 19.8 Å². The molecule has 0 spiro atoms. The number of nitrogens with zero attached hydrogens (tertiary/aromatic N) is 1. The van der Waals surface area contributed by atoms with Gasteiger partial charge in [-0.3, -0.25) is 14.5 Å². The summed E-state index contributed by atoms with van der Waals surface area (Å²) in [6.07, 6.45) is -0.0289. The van der Waals surface area contributed by atoms with Crippen LogP contribution in [-0.2, 0) is 9.59 Å². The second-order valence-electron chi connectivity index (χ2n) is 6.50. The Bertz CT molecular complexity index is 298. The van der Waals surface area contributed by atoms with Crippen LogP contribution in [0.5, 0.6) is 0 Å². The van der Waals surface area contributed by atoms with E-state index in [9.17, 15) is 14.7 Å². The van der Waals surface area contributed by atoms with Gasteiger partial charge < -0.3 is 10.2 Å². The van der Waals surface area contributed by atoms with Crippen molar-refractivity contribution in [1.82, 2.24) is 4.90 Å². The molecule has 0 amide bonds. The van der Waals surface area contributed by atoms with Gasteiger partial charge in [0.2, 0.25) is 0 Å². The lowest BCUT2D eigenvalue weighted by Gasteiger charge is -2.48. The number of aliphatic carboxylic acids is 2. The molecule has 2 N–H and O–H groups in total. The molecule has 18 heavy (non-hydrogen) atoms. The number of carboxylic acids is 2. The van der Waals surface area contributed by atoms with Crippen molar-refractivity contribution in [3.05, 3.63) is 0 Å². The molecule has 0 aromatic rings. The first-order valence-corrected chi connectivity index (χ1v) is 6.11. The molecule has 0 radical (unpaired) electrons. The molecule has 0 saturated carbocycles. The zero-order chi connectivity index (χ0) is 14.7. The normalized spacial score (nSPS) is 14.6. The Morgan fingerprint density at radius 1 is 1.00 bits per heavy atom. The van der Waals surface area contributed by atoms with Gasteiger partial charge in [-0.25, -0.2) is 0 Å². The highest BCUT2D eigenvalue weighted by molar-refractivity contribution is 5.75. The van der Waals surface area contributed by atoms with Gasteiger partial charge in [0.15, 0.2) is 0 Å². The summed E-state index contributed by atoms with van der Waals surface area (Å²) in [6.45, 7) is 11.6. The molecule has 0 aromatic heterocycles. The average molecular weight is 259 g/mol. The first-order chi connectivity index (χ1) is 7.87. The number of carbonyl (C=O) groups is 2. The fourth-order valence-corrected chi connectivity index (χ4v) is 2.56. The quantitative estimate of drug-likeness (QED) is 0.791. The van der Waals surface area contributed by atoms with E-state index < -0.39 is 18.0 Å². The van der Waals surface area contributed by atoms with Crippen LogP contribution < -0.4 is 0 Å². The standard InChI is InChI=1S/C13H25NO4/c1-12(2,3)14(13(4,5)6)9(11(17)18)7-8-10(15)16/h9H,7-8H2,1-6H3,(H,15,16)(H,17,18)/t9-/m1/s1. The molecule has 0 aliphatic rings. The summed E-state index contributed by atoms with van der Waals surface area (Å²) >= 11 is 0. The Kier molecular flexibility index (Phi) is 5.35. The molecule has 0 heterocycles. The predicted molar refractivity (Wildman–Crippen MR) is 69.6 cm³/mol. The van der Waals surface area contributed by atoms with Crippen LogP contribution in [-0.4, -0.2) is 44.2 Å². The van der Waals surface area contributed by atoms with Crippen molar-refractivity contribution in [3.8, 4) is 0 Å². The minimum atomic E-state index is -0.971. The molecule has 5 nitrogen and oxygen atoms in total. The highest BCUT2D eigenvalue weighted by atomic mass is 16.4. The van der Waals surface area contributed by atoms with Gasteiger partial charge in [-0.05, 0) is 48.0 Å². The smallest absolute Gasteiger partial charge is 0.320 e. The lowest BCUT2D eigenvalue weighted by atomic mass is 9.91. The number of carboxylic acid groups (broad SMARTS) is 2. The van der Waals surface area contributed by atoms with E-state index in [0.29, 0.717) is 0 Å². The van der Waals surface area contributed by atoms with Crippen LogP contribution in [0.2, 0.25) is 0 Å². The zero-order valence-corrected chi connectivity index (χ0v) is 12.1. The van der Waals surface area contributed by atoms with Gasteiger partial charge in [0.25, 0.3) is 0 Å². The molecule has 0 saturated heterocycles. The third-order valence-corrected chi connectivity index (χ3v) is 2.67. The van der Waals surface area contributed by atoms with Crippen LogP contribution in [0.25, 0.3) is 0 Å². The summed E-state index contributed by atoms with van der Waals surface area (Å²) in [6, 6.07) is -0.791. The molecule has 0 aromatic carbocycles. The van der Waals surface area contributed by atoms with Crippen molar-refractivity contribution in [2.24, 2.45) is 0 Å². The van der Waals surface area contributed by atoms with E-state index in [2.05, 4.69) is 0 Å². The van der Waals surface area contributed by atoms with Gasteiger partial charge in [-0.15, -0.1) is 0 Å². The number of rotatable bonds is 5. The van der Waals surface area contributed by atoms with Crippen molar-refractivity contribution in [3.63, 3.8) is 0 Å². The topological polar surface area (TPSA) is 77.8 Å². The van der Waals surface area contributed by atoms with E-state index in [4.69, 9.17) is 5.11 Å². The van der Waals surface area contributed by atoms with Gasteiger partial charge in [0.05, 0.1) is 0 Å². The Morgan fingerprint density at radius 3 is 1.61 bits per heavy atom. The van der Waals surface area contributed by atoms with Crippen molar-refractivity contribution in [2.45, 2.75) is 71.5 Å². The summed E-state index contributed by atoms with van der Waals surface area (Å²) < 4.78 is 0. The molecule has 0 aliphatic carbocycles. The second-order valence-corrected chi connectivity index (χ2v) is 6.50. The fourth-order valence-electron chi connectivity index (χ4n) is 2.56. The molecule has 0 bridgehead atoms. The van der Waals surface area contributed by atoms with Crippen molar-refractivity contribution >= 4 is 11.9 Å². The van der Waals surface area contributed by atoms with Gasteiger partial charge >= 0.3 is 11.9 Å². The summed E-state index contributed by atoms with van der Waals surface area (Å²) in [5.41, 5.74) is -0.695. The van der Waals surface area contributed by atoms with E-state index >= 15 is 0 Å². The van der Waals surface area contributed by atoms with E-state index in [-0.39, 0.29) is 23.9 Å². The van der Waals surface area contributed by atoms with Gasteiger partial charge in [-0.1, -0.05) is 0 Å². The maximum absolute atomic E-state index is 11.4. The van der Waals surface area contributed by atoms with E-state index in [1.165, 1.54) is 0 Å². The number of hydrogen-bond donors (Lipinski definition) is 2. The molecule has 1 atom stereocenters. The fraction of sp³-hybridized carbons (Fsp3) is 0.846. The summed E-state index contributed by atoms with van der Waals surface area (Å²) in [7, 11) is 0. The largest absolute Gasteiger partial charge is 0.481 e. The highest BCUT2D eigenvalue weighted by Gasteiger charge is 2.40. The lowest BCUT2D eigenvalue weighted by molar-refractivity contribution is -0.151. The van der Waals surface area contributed by atoms with Crippen LogP contribution in [0.15, 0.2) is 0 Å². The maximum Gasteiger partial charge on any atom is 0.320 e. The molecule has 0 aliphatic heterocycles. The summed E-state index contributed by atoms with van der Waals surface area (Å²) in [5.74, 6) is -1.94. The molecule has 106 valence electrons. The van der Waals surface area contributed by atoms with Gasteiger partial charge in [-0.2, -0.15) is 0 Å². The molecule has 0 unspecified atom stereocenters. The minimum absolute atomic E-state index is 0.110. The monoisotopic (exact) mass is 259 g/mol. The molecular formula is C13H25NO4. The molecule has 5 heteroatoms. The van der Waals surface area contributed by atoms with Crippen LogP contribution >= 0.6 is 0 Å². The molecular weight excluding hydrogens is 234 g/mol. The highest BCUT2D eigenvalue weighted by Crippen LogP contribution is 2.29. The maximum atomic E-state index is 11.4. The van der Waals surface area contributed by atoms with E-state index in [1.54, 1.807) is 0 Å². The van der Waals surface area contributed by atoms with Gasteiger partial charge in [0, 0.05) is 17.5 Å². The van der Waals surface area contributed by atoms with Crippen LogP contribution in [0.1, 0.15) is 54.4 Å². The number of hydrogen-bond acceptors (Lipinski definition) is 3. The average Bonchev–Trinajstić information content (AvgIpc) is 2.06. The molecule has 0 rings (SSSR count). The predicted octanol–water partition coefficient (Wildman–Crippen LogP) is 2.20. The summed E-state index contributed by atoms with van der Waals surface area (Å²) in [5, 5.41) is 18.1. The van der Waals surface area contributed by atoms with E-state index in [0.717, 1.165) is 0 Å². The zero-order valence-electron chi connectivity index (χ0n) is 12.1. The minimum Gasteiger partial charge on any atom is -0.481 e. The Hall–Kier alpha value is -1.10. The van der Waals surface area contributed by atoms with E-state index in [1.807, 2.05) is 46.4 Å². The lowest BCUT2D eigenvalue weighted by Crippen LogP contribution is -2.60. The first-order valence-electron chi connectivity index (χ1n) is 6.11. The van der Waals surface area contributed by atoms with Gasteiger partial charge in [0.1, 0.15) is 6.04 Å². The SMILES string of the molecule is CC(C)(C)N([C@H](CCC(=O)O)C(=O)O)C(C)(C)C. The Labute approximate surface area is 109 Å². The van der Waals surface area contributed by atoms with Crippen LogP contribution in [0, 0.1) is 0 Å².